The summed E-state index contributed by atoms with van der Waals surface area (Å²) in [6.45, 7) is 0. The molecule has 0 bridgehead atoms. The summed E-state index contributed by atoms with van der Waals surface area (Å²) < 4.78 is 31.4. The van der Waals surface area contributed by atoms with Crippen LogP contribution < -0.4 is 0 Å². The van der Waals surface area contributed by atoms with Crippen LogP contribution in [-0.4, -0.2) is 15.1 Å². The van der Waals surface area contributed by atoms with E-state index in [4.69, 9.17) is 9.78 Å². The monoisotopic (exact) mass is 286 g/mol. The standard InChI is InChI=1S/C14H8F2N4O/c15-10-2-1-8(12(16)5-10)4-13-19-14(21-20-13)9-3-11(6-17)18-7-9/h1-3,5,7,18H,4H2. The molecule has 3 aromatic rings. The highest BCUT2D eigenvalue weighted by Gasteiger charge is 2.13. The van der Waals surface area contributed by atoms with Gasteiger partial charge in [-0.15, -0.1) is 0 Å². The second kappa shape index (κ2) is 5.17. The average molecular weight is 286 g/mol. The van der Waals surface area contributed by atoms with Gasteiger partial charge in [0.2, 0.25) is 0 Å². The fraction of sp³-hybridized carbons (Fsp3) is 0.0714. The third kappa shape index (κ3) is 2.65. The number of benzene rings is 1. The molecule has 0 radical (unpaired) electrons. The van der Waals surface area contributed by atoms with Gasteiger partial charge < -0.3 is 9.51 Å². The predicted molar refractivity (Wildman–Crippen MR) is 68.0 cm³/mol. The maximum atomic E-state index is 13.5. The van der Waals surface area contributed by atoms with Crippen molar-refractivity contribution in [3.63, 3.8) is 0 Å². The Morgan fingerprint density at radius 3 is 2.86 bits per heavy atom. The van der Waals surface area contributed by atoms with Crippen LogP contribution in [0.1, 0.15) is 17.1 Å². The molecule has 21 heavy (non-hydrogen) atoms. The first-order valence-corrected chi connectivity index (χ1v) is 6.01. The number of aromatic amines is 1. The first-order chi connectivity index (χ1) is 10.2. The smallest absolute Gasteiger partial charge is 0.259 e. The van der Waals surface area contributed by atoms with E-state index < -0.39 is 11.6 Å². The first kappa shape index (κ1) is 13.0. The number of nitriles is 1. The van der Waals surface area contributed by atoms with E-state index in [2.05, 4.69) is 15.1 Å². The highest BCUT2D eigenvalue weighted by atomic mass is 19.1. The van der Waals surface area contributed by atoms with Gasteiger partial charge in [0.15, 0.2) is 5.82 Å². The van der Waals surface area contributed by atoms with Crippen LogP contribution >= 0.6 is 0 Å². The van der Waals surface area contributed by atoms with Crippen LogP contribution in [0, 0.1) is 23.0 Å². The third-order valence-corrected chi connectivity index (χ3v) is 2.88. The summed E-state index contributed by atoms with van der Waals surface area (Å²) in [4.78, 5) is 6.86. The topological polar surface area (TPSA) is 78.5 Å². The minimum Gasteiger partial charge on any atom is -0.352 e. The van der Waals surface area contributed by atoms with Gasteiger partial charge in [-0.3, -0.25) is 0 Å². The number of rotatable bonds is 3. The Labute approximate surface area is 117 Å². The molecule has 1 N–H and O–H groups in total. The zero-order valence-corrected chi connectivity index (χ0v) is 10.6. The van der Waals surface area contributed by atoms with E-state index in [0.29, 0.717) is 11.3 Å². The van der Waals surface area contributed by atoms with Crippen LogP contribution in [0.15, 0.2) is 35.0 Å². The minimum atomic E-state index is -0.658. The Hall–Kier alpha value is -3.01. The van der Waals surface area contributed by atoms with Crippen LogP contribution in [0.3, 0.4) is 0 Å². The van der Waals surface area contributed by atoms with Gasteiger partial charge in [0.25, 0.3) is 5.89 Å². The quantitative estimate of drug-likeness (QED) is 0.803. The van der Waals surface area contributed by atoms with Crippen molar-refractivity contribution in [3.05, 3.63) is 59.2 Å². The van der Waals surface area contributed by atoms with Gasteiger partial charge in [-0.25, -0.2) is 8.78 Å². The Bertz CT molecular complexity index is 832. The minimum absolute atomic E-state index is 0.0884. The third-order valence-electron chi connectivity index (χ3n) is 2.88. The molecule has 0 aliphatic carbocycles. The van der Waals surface area contributed by atoms with Crippen LogP contribution in [-0.2, 0) is 6.42 Å². The van der Waals surface area contributed by atoms with Crippen molar-refractivity contribution >= 4 is 0 Å². The Morgan fingerprint density at radius 2 is 2.14 bits per heavy atom. The van der Waals surface area contributed by atoms with Gasteiger partial charge in [0.05, 0.1) is 5.56 Å². The fourth-order valence-electron chi connectivity index (χ4n) is 1.86. The summed E-state index contributed by atoms with van der Waals surface area (Å²) in [5, 5.41) is 12.5. The van der Waals surface area contributed by atoms with E-state index in [-0.39, 0.29) is 23.7 Å². The molecule has 0 saturated carbocycles. The molecule has 0 saturated heterocycles. The lowest BCUT2D eigenvalue weighted by molar-refractivity contribution is 0.423. The number of nitrogens with one attached hydrogen (secondary N) is 1. The molecule has 0 aliphatic rings. The highest BCUT2D eigenvalue weighted by molar-refractivity contribution is 5.54. The molecule has 1 aromatic carbocycles. The first-order valence-electron chi connectivity index (χ1n) is 6.01. The highest BCUT2D eigenvalue weighted by Crippen LogP contribution is 2.19. The molecule has 7 heteroatoms. The second-order valence-corrected chi connectivity index (χ2v) is 4.34. The zero-order valence-electron chi connectivity index (χ0n) is 10.6. The van der Waals surface area contributed by atoms with Crippen molar-refractivity contribution in [1.82, 2.24) is 15.1 Å². The molecule has 0 unspecified atom stereocenters. The lowest BCUT2D eigenvalue weighted by atomic mass is 10.1. The maximum Gasteiger partial charge on any atom is 0.259 e. The lowest BCUT2D eigenvalue weighted by Crippen LogP contribution is -1.95. The molecule has 2 aromatic heterocycles. The molecule has 0 spiro atoms. The number of H-pyrrole nitrogens is 1. The zero-order chi connectivity index (χ0) is 14.8. The molecule has 0 amide bonds. The molecule has 0 atom stereocenters. The molecule has 0 aliphatic heterocycles. The van der Waals surface area contributed by atoms with Crippen molar-refractivity contribution in [2.45, 2.75) is 6.42 Å². The predicted octanol–water partition coefficient (Wildman–Crippen LogP) is 2.81. The van der Waals surface area contributed by atoms with Gasteiger partial charge in [-0.2, -0.15) is 10.2 Å². The van der Waals surface area contributed by atoms with Gasteiger partial charge in [0, 0.05) is 18.7 Å². The van der Waals surface area contributed by atoms with Crippen LogP contribution in [0.25, 0.3) is 11.5 Å². The average Bonchev–Trinajstić information content (AvgIpc) is 3.10. The van der Waals surface area contributed by atoms with Crippen molar-refractivity contribution in [2.24, 2.45) is 0 Å². The molecule has 104 valence electrons. The largest absolute Gasteiger partial charge is 0.352 e. The number of hydrogen-bond donors (Lipinski definition) is 1. The van der Waals surface area contributed by atoms with Crippen LogP contribution in [0.4, 0.5) is 8.78 Å². The van der Waals surface area contributed by atoms with E-state index >= 15 is 0 Å². The number of hydrogen-bond acceptors (Lipinski definition) is 4. The van der Waals surface area contributed by atoms with E-state index in [1.807, 2.05) is 6.07 Å². The van der Waals surface area contributed by atoms with Gasteiger partial charge in [-0.05, 0) is 17.7 Å². The molecule has 2 heterocycles. The van der Waals surface area contributed by atoms with Gasteiger partial charge in [0.1, 0.15) is 23.4 Å². The molecule has 0 fully saturated rings. The van der Waals surface area contributed by atoms with E-state index in [1.54, 1.807) is 12.3 Å². The van der Waals surface area contributed by atoms with Crippen molar-refractivity contribution in [3.8, 4) is 17.5 Å². The Kier molecular flexibility index (Phi) is 3.20. The number of halogens is 2. The summed E-state index contributed by atoms with van der Waals surface area (Å²) >= 11 is 0. The van der Waals surface area contributed by atoms with Crippen molar-refractivity contribution in [1.29, 1.82) is 5.26 Å². The van der Waals surface area contributed by atoms with Gasteiger partial charge in [-0.1, -0.05) is 11.2 Å². The Balaban J connectivity index is 1.83. The summed E-state index contributed by atoms with van der Waals surface area (Å²) in [5.41, 5.74) is 1.22. The SMILES string of the molecule is N#Cc1cc(-c2nc(Cc3ccc(F)cc3F)no2)c[nH]1. The summed E-state index contributed by atoms with van der Waals surface area (Å²) in [7, 11) is 0. The summed E-state index contributed by atoms with van der Waals surface area (Å²) in [6.07, 6.45) is 1.65. The normalized spacial score (nSPS) is 10.5. The fourth-order valence-corrected chi connectivity index (χ4v) is 1.86. The molecule has 5 nitrogen and oxygen atoms in total. The van der Waals surface area contributed by atoms with Crippen molar-refractivity contribution < 1.29 is 13.3 Å². The molecule has 3 rings (SSSR count). The van der Waals surface area contributed by atoms with E-state index in [9.17, 15) is 8.78 Å². The van der Waals surface area contributed by atoms with Gasteiger partial charge >= 0.3 is 0 Å². The van der Waals surface area contributed by atoms with E-state index in [1.165, 1.54) is 12.1 Å². The molecular weight excluding hydrogens is 278 g/mol. The lowest BCUT2D eigenvalue weighted by Gasteiger charge is -1.98. The maximum absolute atomic E-state index is 13.5. The summed E-state index contributed by atoms with van der Waals surface area (Å²) in [5.74, 6) is -0.795. The molecular formula is C14H8F2N4O. The Morgan fingerprint density at radius 1 is 1.29 bits per heavy atom. The van der Waals surface area contributed by atoms with E-state index in [0.717, 1.165) is 6.07 Å². The van der Waals surface area contributed by atoms with Crippen molar-refractivity contribution in [2.75, 3.05) is 0 Å². The number of nitrogens with zero attached hydrogens (tertiary/aromatic N) is 3. The number of aromatic nitrogens is 3. The van der Waals surface area contributed by atoms with Crippen LogP contribution in [0.2, 0.25) is 0 Å². The van der Waals surface area contributed by atoms with Crippen LogP contribution in [0.5, 0.6) is 0 Å². The summed E-state index contributed by atoms with van der Waals surface area (Å²) in [6, 6.07) is 6.83. The second-order valence-electron chi connectivity index (χ2n) is 4.34.